The van der Waals surface area contributed by atoms with Crippen LogP contribution in [-0.2, 0) is 20.1 Å². The average molecular weight is 630 g/mol. The van der Waals surface area contributed by atoms with E-state index in [1.54, 1.807) is 36.4 Å². The van der Waals surface area contributed by atoms with Crippen molar-refractivity contribution in [2.45, 2.75) is 6.92 Å². The molecule has 4 heteroatoms. The third-order valence-corrected chi connectivity index (χ3v) is 5.43. The Morgan fingerprint density at radius 2 is 1.85 bits per heavy atom. The first-order valence-corrected chi connectivity index (χ1v) is 10.4. The van der Waals surface area contributed by atoms with Crippen LogP contribution in [0.15, 0.2) is 109 Å². The second kappa shape index (κ2) is 11.6. The number of rotatable bonds is 4. The van der Waals surface area contributed by atoms with E-state index in [1.807, 2.05) is 19.1 Å². The van der Waals surface area contributed by atoms with Crippen LogP contribution in [0, 0.1) is 12.1 Å². The zero-order valence-corrected chi connectivity index (χ0v) is 20.7. The third-order valence-electron chi connectivity index (χ3n) is 4.29. The van der Waals surface area contributed by atoms with E-state index in [2.05, 4.69) is 23.7 Å². The number of nitrogens with zero attached hydrogens (tertiary/aromatic N) is 2. The van der Waals surface area contributed by atoms with Gasteiger partial charge in [0.2, 0.25) is 0 Å². The first kappa shape index (κ1) is 15.6. The largest absolute Gasteiger partial charge is 3.00 e. The molecule has 0 aliphatic rings. The summed E-state index contributed by atoms with van der Waals surface area (Å²) in [4.78, 5) is 3.98. The molecule has 5 aromatic rings. The van der Waals surface area contributed by atoms with Crippen molar-refractivity contribution < 1.29 is 31.1 Å². The number of thiophene rings is 1. The molecule has 162 valence electrons. The fourth-order valence-electron chi connectivity index (χ4n) is 2.84. The van der Waals surface area contributed by atoms with Crippen molar-refractivity contribution in [3.05, 3.63) is 132 Å². The summed E-state index contributed by atoms with van der Waals surface area (Å²) in [5.74, 6) is 0. The first-order chi connectivity index (χ1) is 18.9. The third kappa shape index (κ3) is 6.00. The maximum atomic E-state index is 9.53. The van der Waals surface area contributed by atoms with Gasteiger partial charge in [0.1, 0.15) is 0 Å². The smallest absolute Gasteiger partial charge is 0.855 e. The molecule has 2 aromatic heterocycles. The van der Waals surface area contributed by atoms with E-state index in [0.29, 0.717) is 31.3 Å². The van der Waals surface area contributed by atoms with Crippen molar-refractivity contribution >= 4 is 37.2 Å². The zero-order chi connectivity index (χ0) is 29.3. The second-order valence-corrected chi connectivity index (χ2v) is 7.71. The summed E-state index contributed by atoms with van der Waals surface area (Å²) in [7, 11) is 0. The predicted molar refractivity (Wildman–Crippen MR) is 138 cm³/mol. The fraction of sp³-hybridized carbons (Fsp3) is 0.0345. The fourth-order valence-corrected chi connectivity index (χ4v) is 3.95. The van der Waals surface area contributed by atoms with Gasteiger partial charge in [-0.15, -0.1) is 60.2 Å². The Hall–Kier alpha value is -3.17. The first-order valence-electron chi connectivity index (χ1n) is 13.6. The molecule has 0 aliphatic heterocycles. The molecule has 0 atom stereocenters. The van der Waals surface area contributed by atoms with Crippen molar-refractivity contribution in [1.82, 2.24) is 4.98 Å². The number of benzene rings is 3. The maximum absolute atomic E-state index is 9.53. The van der Waals surface area contributed by atoms with Crippen LogP contribution >= 0.6 is 11.3 Å². The van der Waals surface area contributed by atoms with Gasteiger partial charge in [-0.1, -0.05) is 53.8 Å². The molecular formula is C29H21IrN2S. The van der Waals surface area contributed by atoms with Crippen molar-refractivity contribution in [2.24, 2.45) is 0 Å². The van der Waals surface area contributed by atoms with Crippen LogP contribution in [-0.4, -0.2) is 10.7 Å². The van der Waals surface area contributed by atoms with Gasteiger partial charge in [-0.05, 0) is 34.8 Å². The van der Waals surface area contributed by atoms with E-state index in [9.17, 15) is 5.41 Å². The molecule has 0 saturated heterocycles. The van der Waals surface area contributed by atoms with Gasteiger partial charge < -0.3 is 10.4 Å². The molecule has 0 spiro atoms. The Morgan fingerprint density at radius 1 is 1.03 bits per heavy atom. The van der Waals surface area contributed by atoms with Gasteiger partial charge >= 0.3 is 20.1 Å². The Morgan fingerprint density at radius 3 is 2.64 bits per heavy atom. The molecule has 5 rings (SSSR count). The molecule has 0 unspecified atom stereocenters. The molecular weight excluding hydrogens is 601 g/mol. The predicted octanol–water partition coefficient (Wildman–Crippen LogP) is 7.89. The number of allylic oxidation sites excluding steroid dienone is 3. The van der Waals surface area contributed by atoms with Gasteiger partial charge in [0, 0.05) is 10.9 Å². The van der Waals surface area contributed by atoms with Gasteiger partial charge in [-0.25, -0.2) is 5.71 Å². The molecule has 0 aliphatic carbocycles. The van der Waals surface area contributed by atoms with Crippen LogP contribution in [0.4, 0.5) is 0 Å². The Kier molecular flexibility index (Phi) is 5.50. The second-order valence-electron chi connectivity index (χ2n) is 6.69. The van der Waals surface area contributed by atoms with E-state index in [1.165, 1.54) is 0 Å². The van der Waals surface area contributed by atoms with Crippen LogP contribution < -0.4 is 0 Å². The van der Waals surface area contributed by atoms with Gasteiger partial charge in [0.25, 0.3) is 0 Å². The summed E-state index contributed by atoms with van der Waals surface area (Å²) in [6.45, 7) is 5.57. The van der Waals surface area contributed by atoms with E-state index < -0.39 is 18.3 Å². The summed E-state index contributed by atoms with van der Waals surface area (Å²) in [6.07, 6.45) is 2.96. The van der Waals surface area contributed by atoms with Crippen molar-refractivity contribution in [2.75, 3.05) is 0 Å². The molecule has 33 heavy (non-hydrogen) atoms. The standard InChI is InChI=1S/C17H10NS.C12H11N.Ir/c1-2-10-16-12(6-1)13-7-5-8-14(17(13)19-16)15-9-3-4-11-18-15;1-10(2)8-9-12(13)11-6-4-3-5-7-11;/h1-7,9-11H;3-6,8-9H,1H2,2H3;/q-1;-2;+3/b;9-8-;/i1D,2D,3D,4D,6D,9D,10D,11D;;. The van der Waals surface area contributed by atoms with Gasteiger partial charge in [0.05, 0.1) is 11.0 Å². The van der Waals surface area contributed by atoms with Gasteiger partial charge in [0.15, 0.2) is 0 Å². The van der Waals surface area contributed by atoms with Crippen LogP contribution in [0.5, 0.6) is 0 Å². The van der Waals surface area contributed by atoms with E-state index in [-0.39, 0.29) is 61.7 Å². The summed E-state index contributed by atoms with van der Waals surface area (Å²) < 4.78 is 64.5. The summed E-state index contributed by atoms with van der Waals surface area (Å²) in [6, 6.07) is 14.4. The number of hydrogen-bond donors (Lipinski definition) is 0. The van der Waals surface area contributed by atoms with Crippen LogP contribution in [0.2, 0.25) is 0 Å². The minimum atomic E-state index is -0.424. The minimum Gasteiger partial charge on any atom is -0.855 e. The zero-order valence-electron chi connectivity index (χ0n) is 25.5. The van der Waals surface area contributed by atoms with Crippen LogP contribution in [0.25, 0.3) is 36.8 Å². The summed E-state index contributed by atoms with van der Waals surface area (Å²) in [5, 5.41) is 10.5. The molecule has 0 fully saturated rings. The Balaban J connectivity index is 0.000000280. The van der Waals surface area contributed by atoms with Crippen molar-refractivity contribution in [3.63, 3.8) is 0 Å². The van der Waals surface area contributed by atoms with Gasteiger partial charge in [-0.3, -0.25) is 0 Å². The van der Waals surface area contributed by atoms with E-state index in [0.717, 1.165) is 16.9 Å². The minimum absolute atomic E-state index is 0. The van der Waals surface area contributed by atoms with Crippen LogP contribution in [0.1, 0.15) is 23.5 Å². The molecule has 2 heterocycles. The van der Waals surface area contributed by atoms with E-state index >= 15 is 0 Å². The van der Waals surface area contributed by atoms with Crippen molar-refractivity contribution in [3.8, 4) is 11.3 Å². The Bertz CT molecular complexity index is 1830. The number of pyridine rings is 1. The van der Waals surface area contributed by atoms with E-state index in [4.69, 9.17) is 11.0 Å². The normalized spacial score (nSPS) is 13.8. The number of aromatic nitrogens is 1. The molecule has 0 amide bonds. The average Bonchev–Trinajstić information content (AvgIpc) is 3.35. The molecule has 0 radical (unpaired) electrons. The number of hydrogen-bond acceptors (Lipinski definition) is 2. The van der Waals surface area contributed by atoms with Gasteiger partial charge in [-0.2, -0.15) is 16.9 Å². The van der Waals surface area contributed by atoms with Crippen molar-refractivity contribution in [1.29, 1.82) is 0 Å². The Labute approximate surface area is 223 Å². The molecule has 3 aromatic carbocycles. The topological polar surface area (TPSA) is 35.2 Å². The SMILES string of the molecule is C=C(C)/C=C\C(=[N-])c1[c-]cccc1.[2H]c1nc(-c2[c-]ccc3c2sc2c([2H])c([2H])c([2H])c([2H])c23)c([2H])c([2H])c1[2H].[Ir+3]. The number of fused-ring (bicyclic) bond motifs is 3. The monoisotopic (exact) mass is 630 g/mol. The molecule has 2 nitrogen and oxygen atoms in total. The summed E-state index contributed by atoms with van der Waals surface area (Å²) in [5.41, 5.74) is 2.19. The summed E-state index contributed by atoms with van der Waals surface area (Å²) >= 11 is 1.14. The quantitative estimate of drug-likeness (QED) is 0.113. The van der Waals surface area contributed by atoms with Crippen LogP contribution in [0.3, 0.4) is 0 Å². The molecule has 0 N–H and O–H groups in total. The maximum Gasteiger partial charge on any atom is 3.00 e. The molecule has 0 bridgehead atoms. The molecule has 0 saturated carbocycles.